The number of β-amino-alcohol motifs (C(OH)–C–C–N with tert-alkyl or cyclic N) is 1. The molecule has 3 rings (SSSR count). The molecule has 0 heterocycles. The number of carbonyl (C=O) groups is 1. The Bertz CT molecular complexity index is 1060. The highest BCUT2D eigenvalue weighted by atomic mass is 16.5. The van der Waals surface area contributed by atoms with Crippen molar-refractivity contribution in [1.82, 2.24) is 5.32 Å². The predicted octanol–water partition coefficient (Wildman–Crippen LogP) is 4.69. The molecule has 1 aliphatic carbocycles. The molecule has 1 aliphatic rings. The Balaban J connectivity index is 1.57. The number of ether oxygens (including phenoxy) is 2. The van der Waals surface area contributed by atoms with Gasteiger partial charge in [-0.2, -0.15) is 5.26 Å². The van der Waals surface area contributed by atoms with Gasteiger partial charge in [0.15, 0.2) is 0 Å². The van der Waals surface area contributed by atoms with Gasteiger partial charge in [0, 0.05) is 23.6 Å². The standard InChI is InChI=1S/C30H38N2O4/c1-5-22(16-28(34)35-6-2)27-13-9-12-25(18-31)29(27)36-20-26(33)19-32-30(3,4)17-21-14-23-10-7-8-11-24(23)15-21/h5,7-13,21-22,26,32-33H,1,6,14-17,19-20H2,2-4H3/t22?,26-/m0/s1. The number of carbonyl (C=O) groups excluding carboxylic acids is 1. The van der Waals surface area contributed by atoms with E-state index in [0.717, 1.165) is 19.3 Å². The Hall–Kier alpha value is -3.14. The quantitative estimate of drug-likeness (QED) is 0.313. The van der Waals surface area contributed by atoms with Crippen molar-refractivity contribution in [3.63, 3.8) is 0 Å². The summed E-state index contributed by atoms with van der Waals surface area (Å²) in [6.07, 6.45) is 4.19. The van der Waals surface area contributed by atoms with Gasteiger partial charge in [0.1, 0.15) is 24.5 Å². The van der Waals surface area contributed by atoms with E-state index < -0.39 is 6.10 Å². The van der Waals surface area contributed by atoms with Crippen LogP contribution in [-0.4, -0.2) is 42.5 Å². The summed E-state index contributed by atoms with van der Waals surface area (Å²) in [4.78, 5) is 12.1. The summed E-state index contributed by atoms with van der Waals surface area (Å²) in [5, 5.41) is 23.8. The van der Waals surface area contributed by atoms with E-state index in [4.69, 9.17) is 9.47 Å². The number of benzene rings is 2. The molecule has 1 unspecified atom stereocenters. The molecular formula is C30H38N2O4. The SMILES string of the molecule is C=CC(CC(=O)OCC)c1cccc(C#N)c1OC[C@@H](O)CNC(C)(C)CC1Cc2ccccc2C1. The number of nitriles is 1. The van der Waals surface area contributed by atoms with Crippen molar-refractivity contribution in [2.75, 3.05) is 19.8 Å². The third-order valence-corrected chi connectivity index (χ3v) is 6.71. The molecule has 0 radical (unpaired) electrons. The van der Waals surface area contributed by atoms with Crippen molar-refractivity contribution >= 4 is 5.97 Å². The zero-order valence-electron chi connectivity index (χ0n) is 21.6. The van der Waals surface area contributed by atoms with Crippen LogP contribution in [0, 0.1) is 17.2 Å². The minimum absolute atomic E-state index is 0.0207. The van der Waals surface area contributed by atoms with E-state index in [1.54, 1.807) is 25.1 Å². The third-order valence-electron chi connectivity index (χ3n) is 6.71. The first-order valence-corrected chi connectivity index (χ1v) is 12.7. The molecule has 0 amide bonds. The highest BCUT2D eigenvalue weighted by Gasteiger charge is 2.28. The Morgan fingerprint density at radius 3 is 2.56 bits per heavy atom. The first-order valence-electron chi connectivity index (χ1n) is 12.7. The normalized spacial score (nSPS) is 15.0. The zero-order chi connectivity index (χ0) is 26.1. The van der Waals surface area contributed by atoms with Crippen LogP contribution in [-0.2, 0) is 22.4 Å². The second-order valence-corrected chi connectivity index (χ2v) is 10.2. The van der Waals surface area contributed by atoms with Gasteiger partial charge >= 0.3 is 5.97 Å². The highest BCUT2D eigenvalue weighted by molar-refractivity contribution is 5.71. The lowest BCUT2D eigenvalue weighted by molar-refractivity contribution is -0.143. The number of rotatable bonds is 13. The molecule has 0 bridgehead atoms. The van der Waals surface area contributed by atoms with Gasteiger partial charge in [0.25, 0.3) is 0 Å². The van der Waals surface area contributed by atoms with Crippen LogP contribution < -0.4 is 10.1 Å². The van der Waals surface area contributed by atoms with E-state index in [0.29, 0.717) is 35.9 Å². The fraction of sp³-hybridized carbons (Fsp3) is 0.467. The van der Waals surface area contributed by atoms with E-state index in [1.165, 1.54) is 11.1 Å². The predicted molar refractivity (Wildman–Crippen MR) is 141 cm³/mol. The average Bonchev–Trinajstić information content (AvgIpc) is 3.26. The van der Waals surface area contributed by atoms with Crippen LogP contribution >= 0.6 is 0 Å². The van der Waals surface area contributed by atoms with Gasteiger partial charge in [0.2, 0.25) is 0 Å². The number of esters is 1. The largest absolute Gasteiger partial charge is 0.489 e. The second-order valence-electron chi connectivity index (χ2n) is 10.2. The monoisotopic (exact) mass is 490 g/mol. The Labute approximate surface area is 214 Å². The number of para-hydroxylation sites is 1. The molecule has 2 N–H and O–H groups in total. The number of allylic oxidation sites excluding steroid dienone is 1. The fourth-order valence-electron chi connectivity index (χ4n) is 5.04. The summed E-state index contributed by atoms with van der Waals surface area (Å²) in [5.41, 5.74) is 3.78. The maximum absolute atomic E-state index is 12.1. The molecule has 0 aromatic heterocycles. The van der Waals surface area contributed by atoms with E-state index in [9.17, 15) is 15.2 Å². The molecule has 0 saturated heterocycles. The van der Waals surface area contributed by atoms with E-state index >= 15 is 0 Å². The molecule has 0 fully saturated rings. The molecule has 0 saturated carbocycles. The van der Waals surface area contributed by atoms with Crippen LogP contribution in [0.25, 0.3) is 0 Å². The third kappa shape index (κ3) is 7.43. The molecule has 192 valence electrons. The second kappa shape index (κ2) is 12.7. The lowest BCUT2D eigenvalue weighted by Gasteiger charge is -2.30. The summed E-state index contributed by atoms with van der Waals surface area (Å²) < 4.78 is 11.1. The topological polar surface area (TPSA) is 91.6 Å². The molecule has 2 aromatic carbocycles. The molecule has 0 aliphatic heterocycles. The highest BCUT2D eigenvalue weighted by Crippen LogP contribution is 2.34. The van der Waals surface area contributed by atoms with Gasteiger partial charge in [-0.15, -0.1) is 6.58 Å². The Kier molecular flexibility index (Phi) is 9.69. The van der Waals surface area contributed by atoms with Gasteiger partial charge in [-0.25, -0.2) is 0 Å². The van der Waals surface area contributed by atoms with Crippen LogP contribution in [0.2, 0.25) is 0 Å². The molecule has 6 nitrogen and oxygen atoms in total. The van der Waals surface area contributed by atoms with Crippen LogP contribution in [0.15, 0.2) is 55.1 Å². The van der Waals surface area contributed by atoms with Gasteiger partial charge in [-0.3, -0.25) is 4.79 Å². The van der Waals surface area contributed by atoms with E-state index in [1.807, 2.05) is 6.07 Å². The lowest BCUT2D eigenvalue weighted by atomic mass is 9.88. The summed E-state index contributed by atoms with van der Waals surface area (Å²) in [5.74, 6) is 0.249. The minimum Gasteiger partial charge on any atom is -0.489 e. The van der Waals surface area contributed by atoms with Gasteiger partial charge in [-0.05, 0) is 63.1 Å². The molecule has 36 heavy (non-hydrogen) atoms. The number of hydrogen-bond donors (Lipinski definition) is 2. The molecule has 2 aromatic rings. The van der Waals surface area contributed by atoms with E-state index in [-0.39, 0.29) is 30.5 Å². The smallest absolute Gasteiger partial charge is 0.306 e. The number of nitrogens with zero attached hydrogens (tertiary/aromatic N) is 1. The van der Waals surface area contributed by atoms with Gasteiger partial charge < -0.3 is 19.9 Å². The Morgan fingerprint density at radius 1 is 1.25 bits per heavy atom. The maximum atomic E-state index is 12.1. The maximum Gasteiger partial charge on any atom is 0.306 e. The lowest BCUT2D eigenvalue weighted by Crippen LogP contribution is -2.46. The van der Waals surface area contributed by atoms with Crippen LogP contribution in [0.1, 0.15) is 61.8 Å². The zero-order valence-corrected chi connectivity index (χ0v) is 21.6. The minimum atomic E-state index is -0.767. The summed E-state index contributed by atoms with van der Waals surface area (Å²) in [6, 6.07) is 16.0. The molecule has 2 atom stereocenters. The van der Waals surface area contributed by atoms with E-state index in [2.05, 4.69) is 56.1 Å². The Morgan fingerprint density at radius 2 is 1.94 bits per heavy atom. The number of aliphatic hydroxyl groups excluding tert-OH is 1. The van der Waals surface area contributed by atoms with Crippen molar-refractivity contribution in [2.45, 2.75) is 64.0 Å². The number of fused-ring (bicyclic) bond motifs is 1. The number of nitrogens with one attached hydrogen (secondary N) is 1. The summed E-state index contributed by atoms with van der Waals surface area (Å²) in [7, 11) is 0. The van der Waals surface area contributed by atoms with Crippen LogP contribution in [0.4, 0.5) is 0 Å². The summed E-state index contributed by atoms with van der Waals surface area (Å²) >= 11 is 0. The molecular weight excluding hydrogens is 452 g/mol. The molecule has 0 spiro atoms. The average molecular weight is 491 g/mol. The van der Waals surface area contributed by atoms with Crippen molar-refractivity contribution < 1.29 is 19.4 Å². The first-order chi connectivity index (χ1) is 17.3. The number of hydrogen-bond acceptors (Lipinski definition) is 6. The van der Waals surface area contributed by atoms with Gasteiger partial charge in [0.05, 0.1) is 18.6 Å². The fourth-order valence-corrected chi connectivity index (χ4v) is 5.04. The van der Waals surface area contributed by atoms with Gasteiger partial charge in [-0.1, -0.05) is 42.5 Å². The van der Waals surface area contributed by atoms with Crippen LogP contribution in [0.5, 0.6) is 5.75 Å². The first kappa shape index (κ1) is 27.4. The number of aliphatic hydroxyl groups is 1. The van der Waals surface area contributed by atoms with Crippen molar-refractivity contribution in [3.8, 4) is 11.8 Å². The van der Waals surface area contributed by atoms with Crippen LogP contribution in [0.3, 0.4) is 0 Å². The molecule has 6 heteroatoms. The summed E-state index contributed by atoms with van der Waals surface area (Å²) in [6.45, 7) is 10.6. The van der Waals surface area contributed by atoms with Crippen molar-refractivity contribution in [3.05, 3.63) is 77.4 Å². The van der Waals surface area contributed by atoms with Crippen molar-refractivity contribution in [1.29, 1.82) is 5.26 Å². The van der Waals surface area contributed by atoms with Crippen molar-refractivity contribution in [2.24, 2.45) is 5.92 Å².